The summed E-state index contributed by atoms with van der Waals surface area (Å²) in [6.07, 6.45) is 2.31. The molecule has 1 aliphatic carbocycles. The number of thiophene rings is 1. The Hall–Kier alpha value is -2.87. The molecule has 1 aliphatic heterocycles. The molecule has 1 saturated heterocycles. The summed E-state index contributed by atoms with van der Waals surface area (Å²) < 4.78 is 5.11. The summed E-state index contributed by atoms with van der Waals surface area (Å²) in [5.41, 5.74) is 0.766. The Balaban J connectivity index is 1.42. The van der Waals surface area contributed by atoms with E-state index in [1.54, 1.807) is 18.4 Å². The number of nitrogens with one attached hydrogen (secondary N) is 2. The van der Waals surface area contributed by atoms with E-state index >= 15 is 0 Å². The molecule has 7 nitrogen and oxygen atoms in total. The molecule has 146 valence electrons. The van der Waals surface area contributed by atoms with E-state index in [-0.39, 0.29) is 18.4 Å². The maximum absolute atomic E-state index is 13.1. The second-order valence-corrected chi connectivity index (χ2v) is 7.96. The van der Waals surface area contributed by atoms with Gasteiger partial charge in [0.05, 0.1) is 7.11 Å². The molecule has 2 aromatic rings. The second-order valence-electron chi connectivity index (χ2n) is 6.96. The fourth-order valence-corrected chi connectivity index (χ4v) is 4.83. The van der Waals surface area contributed by atoms with E-state index < -0.39 is 11.6 Å². The molecule has 28 heavy (non-hydrogen) atoms. The maximum Gasteiger partial charge on any atom is 0.325 e. The first kappa shape index (κ1) is 18.5. The van der Waals surface area contributed by atoms with Crippen LogP contribution in [-0.4, -0.2) is 36.4 Å². The third-order valence-corrected chi connectivity index (χ3v) is 6.27. The van der Waals surface area contributed by atoms with E-state index in [0.717, 1.165) is 39.5 Å². The van der Waals surface area contributed by atoms with Crippen LogP contribution >= 0.6 is 11.3 Å². The van der Waals surface area contributed by atoms with E-state index in [1.165, 1.54) is 0 Å². The number of ether oxygens (including phenoxy) is 1. The number of benzene rings is 1. The molecule has 1 spiro atoms. The van der Waals surface area contributed by atoms with Crippen molar-refractivity contribution in [3.63, 3.8) is 0 Å². The molecule has 1 aromatic heterocycles. The Morgan fingerprint density at radius 3 is 2.82 bits per heavy atom. The van der Waals surface area contributed by atoms with Crippen LogP contribution in [0.15, 0.2) is 35.7 Å². The van der Waals surface area contributed by atoms with Crippen molar-refractivity contribution in [3.05, 3.63) is 51.7 Å². The smallest absolute Gasteiger partial charge is 0.325 e. The number of nitrogens with zero attached hydrogens (tertiary/aromatic N) is 1. The predicted octanol–water partition coefficient (Wildman–Crippen LogP) is 2.16. The Labute approximate surface area is 166 Å². The number of carbonyl (C=O) groups is 3. The van der Waals surface area contributed by atoms with Crippen molar-refractivity contribution in [1.29, 1.82) is 0 Å². The molecule has 0 saturated carbocycles. The number of amides is 4. The molecule has 1 aromatic carbocycles. The normalized spacial score (nSPS) is 20.8. The van der Waals surface area contributed by atoms with Crippen LogP contribution < -0.4 is 15.4 Å². The van der Waals surface area contributed by atoms with Gasteiger partial charge in [-0.25, -0.2) is 4.79 Å². The standard InChI is InChI=1S/C20H21N3O4S/c1-27-14-6-4-13(5-7-14)11-21-17(24)12-23-18(25)20(22-19(23)26)9-2-3-16-15(20)8-10-28-16/h4-8,10H,2-3,9,11-12H2,1H3,(H,21,24)(H,22,26)/t20-/m1/s1. The van der Waals surface area contributed by atoms with Crippen LogP contribution in [0.5, 0.6) is 5.75 Å². The number of fused-ring (bicyclic) bond motifs is 2. The lowest BCUT2D eigenvalue weighted by Gasteiger charge is -2.31. The fourth-order valence-electron chi connectivity index (χ4n) is 3.83. The molecule has 0 bridgehead atoms. The summed E-state index contributed by atoms with van der Waals surface area (Å²) >= 11 is 1.60. The number of hydrogen-bond donors (Lipinski definition) is 2. The van der Waals surface area contributed by atoms with Crippen molar-refractivity contribution < 1.29 is 19.1 Å². The Bertz CT molecular complexity index is 924. The summed E-state index contributed by atoms with van der Waals surface area (Å²) in [6.45, 7) is 0.0222. The highest BCUT2D eigenvalue weighted by atomic mass is 32.1. The number of hydrogen-bond acceptors (Lipinski definition) is 5. The van der Waals surface area contributed by atoms with Gasteiger partial charge in [-0.15, -0.1) is 11.3 Å². The van der Waals surface area contributed by atoms with Crippen LogP contribution in [0.1, 0.15) is 28.8 Å². The van der Waals surface area contributed by atoms with E-state index in [0.29, 0.717) is 13.0 Å². The SMILES string of the molecule is COc1ccc(CNC(=O)CN2C(=O)N[C@@]3(CCCc4sccc43)C2=O)cc1. The van der Waals surface area contributed by atoms with Crippen LogP contribution in [0.3, 0.4) is 0 Å². The second kappa shape index (κ2) is 7.27. The van der Waals surface area contributed by atoms with Crippen molar-refractivity contribution in [2.45, 2.75) is 31.3 Å². The van der Waals surface area contributed by atoms with Gasteiger partial charge in [-0.1, -0.05) is 12.1 Å². The lowest BCUT2D eigenvalue weighted by atomic mass is 9.80. The number of methoxy groups -OCH3 is 1. The third kappa shape index (κ3) is 3.13. The molecule has 0 unspecified atom stereocenters. The van der Waals surface area contributed by atoms with Crippen LogP contribution in [0.2, 0.25) is 0 Å². The molecule has 2 aliphatic rings. The highest BCUT2D eigenvalue weighted by Crippen LogP contribution is 2.41. The van der Waals surface area contributed by atoms with Gasteiger partial charge in [0.2, 0.25) is 5.91 Å². The lowest BCUT2D eigenvalue weighted by molar-refractivity contribution is -0.135. The largest absolute Gasteiger partial charge is 0.497 e. The van der Waals surface area contributed by atoms with E-state index in [4.69, 9.17) is 4.74 Å². The van der Waals surface area contributed by atoms with Crippen LogP contribution in [-0.2, 0) is 28.1 Å². The zero-order valence-electron chi connectivity index (χ0n) is 15.5. The minimum absolute atomic E-state index is 0.290. The monoisotopic (exact) mass is 399 g/mol. The van der Waals surface area contributed by atoms with E-state index in [1.807, 2.05) is 35.7 Å². The van der Waals surface area contributed by atoms with Crippen molar-refractivity contribution in [1.82, 2.24) is 15.5 Å². The molecule has 2 heterocycles. The van der Waals surface area contributed by atoms with Crippen LogP contribution in [0, 0.1) is 0 Å². The molecule has 1 atom stereocenters. The van der Waals surface area contributed by atoms with E-state index in [2.05, 4.69) is 10.6 Å². The summed E-state index contributed by atoms with van der Waals surface area (Å²) in [5, 5.41) is 7.56. The van der Waals surface area contributed by atoms with Crippen LogP contribution in [0.4, 0.5) is 4.79 Å². The Morgan fingerprint density at radius 1 is 1.29 bits per heavy atom. The number of imide groups is 1. The molecular weight excluding hydrogens is 378 g/mol. The van der Waals surface area contributed by atoms with Gasteiger partial charge >= 0.3 is 6.03 Å². The van der Waals surface area contributed by atoms with Gasteiger partial charge in [0.25, 0.3) is 5.91 Å². The number of aryl methyl sites for hydroxylation is 1. The van der Waals surface area contributed by atoms with Crippen molar-refractivity contribution in [2.75, 3.05) is 13.7 Å². The summed E-state index contributed by atoms with van der Waals surface area (Å²) in [7, 11) is 1.59. The average Bonchev–Trinajstić information content (AvgIpc) is 3.27. The summed E-state index contributed by atoms with van der Waals surface area (Å²) in [5.74, 6) is 0.0224. The van der Waals surface area contributed by atoms with E-state index in [9.17, 15) is 14.4 Å². The van der Waals surface area contributed by atoms with Gasteiger partial charge in [-0.2, -0.15) is 0 Å². The van der Waals surface area contributed by atoms with Crippen molar-refractivity contribution in [2.24, 2.45) is 0 Å². The highest BCUT2D eigenvalue weighted by molar-refractivity contribution is 7.10. The van der Waals surface area contributed by atoms with Crippen molar-refractivity contribution in [3.8, 4) is 5.75 Å². The summed E-state index contributed by atoms with van der Waals surface area (Å²) in [6, 6.07) is 8.71. The molecular formula is C20H21N3O4S. The highest BCUT2D eigenvalue weighted by Gasteiger charge is 2.54. The molecule has 2 N–H and O–H groups in total. The lowest BCUT2D eigenvalue weighted by Crippen LogP contribution is -2.46. The number of rotatable bonds is 5. The molecule has 4 rings (SSSR count). The Kier molecular flexibility index (Phi) is 4.80. The molecule has 8 heteroatoms. The van der Waals surface area contributed by atoms with Crippen molar-refractivity contribution >= 4 is 29.2 Å². The minimum atomic E-state index is -1.01. The Morgan fingerprint density at radius 2 is 2.07 bits per heavy atom. The first-order valence-electron chi connectivity index (χ1n) is 9.14. The van der Waals surface area contributed by atoms with Gasteiger partial charge in [0.1, 0.15) is 17.8 Å². The fraction of sp³-hybridized carbons (Fsp3) is 0.350. The average molecular weight is 399 g/mol. The number of urea groups is 1. The quantitative estimate of drug-likeness (QED) is 0.755. The number of carbonyl (C=O) groups excluding carboxylic acids is 3. The van der Waals surface area contributed by atoms with Gasteiger partial charge in [0.15, 0.2) is 0 Å². The minimum Gasteiger partial charge on any atom is -0.497 e. The zero-order chi connectivity index (χ0) is 19.7. The third-order valence-electron chi connectivity index (χ3n) is 5.29. The maximum atomic E-state index is 13.1. The molecule has 0 radical (unpaired) electrons. The topological polar surface area (TPSA) is 87.7 Å². The first-order chi connectivity index (χ1) is 13.5. The predicted molar refractivity (Wildman–Crippen MR) is 104 cm³/mol. The van der Waals surface area contributed by atoms with Gasteiger partial charge < -0.3 is 15.4 Å². The first-order valence-corrected chi connectivity index (χ1v) is 10.0. The molecule has 1 fully saturated rings. The van der Waals surface area contributed by atoms with Crippen LogP contribution in [0.25, 0.3) is 0 Å². The van der Waals surface area contributed by atoms with Gasteiger partial charge in [0, 0.05) is 17.0 Å². The molecule has 4 amide bonds. The van der Waals surface area contributed by atoms with Gasteiger partial charge in [-0.05, 0) is 48.4 Å². The summed E-state index contributed by atoms with van der Waals surface area (Å²) in [4.78, 5) is 40.1. The zero-order valence-corrected chi connectivity index (χ0v) is 16.3. The van der Waals surface area contributed by atoms with Gasteiger partial charge in [-0.3, -0.25) is 14.5 Å².